The second-order valence-corrected chi connectivity index (χ2v) is 4.51. The molecule has 3 rings (SSSR count). The van der Waals surface area contributed by atoms with Gasteiger partial charge in [0.15, 0.2) is 5.79 Å². The predicted molar refractivity (Wildman–Crippen MR) is 46.1 cm³/mol. The molecule has 2 bridgehead atoms. The standard InChI is InChI=1S/C10H16O3/c11-9-5-7-1-2-8(6-9)10(7)12-3-4-13-10/h7-9,11H,1-6H2/t7-,8+,9-. The first-order valence-electron chi connectivity index (χ1n) is 5.27. The summed E-state index contributed by atoms with van der Waals surface area (Å²) < 4.78 is 11.6. The first-order valence-corrected chi connectivity index (χ1v) is 5.27. The van der Waals surface area contributed by atoms with Crippen LogP contribution in [0, 0.1) is 11.8 Å². The van der Waals surface area contributed by atoms with E-state index in [1.807, 2.05) is 0 Å². The lowest BCUT2D eigenvalue weighted by molar-refractivity contribution is -0.233. The van der Waals surface area contributed by atoms with Gasteiger partial charge in [-0.25, -0.2) is 0 Å². The van der Waals surface area contributed by atoms with Crippen LogP contribution in [0.1, 0.15) is 25.7 Å². The van der Waals surface area contributed by atoms with Crippen molar-refractivity contribution in [3.63, 3.8) is 0 Å². The van der Waals surface area contributed by atoms with E-state index in [1.165, 1.54) is 12.8 Å². The van der Waals surface area contributed by atoms with E-state index in [4.69, 9.17) is 9.47 Å². The Bertz CT molecular complexity index is 194. The Labute approximate surface area is 78.0 Å². The normalized spacial score (nSPS) is 47.3. The van der Waals surface area contributed by atoms with E-state index in [-0.39, 0.29) is 11.9 Å². The van der Waals surface area contributed by atoms with Crippen molar-refractivity contribution < 1.29 is 14.6 Å². The van der Waals surface area contributed by atoms with Crippen LogP contribution in [0.15, 0.2) is 0 Å². The van der Waals surface area contributed by atoms with Gasteiger partial charge in [0.2, 0.25) is 0 Å². The Kier molecular flexibility index (Phi) is 1.70. The molecule has 0 amide bonds. The molecule has 13 heavy (non-hydrogen) atoms. The molecule has 1 aliphatic heterocycles. The minimum Gasteiger partial charge on any atom is -0.393 e. The summed E-state index contributed by atoms with van der Waals surface area (Å²) in [6.45, 7) is 1.48. The van der Waals surface area contributed by atoms with Crippen molar-refractivity contribution in [2.45, 2.75) is 37.6 Å². The third-order valence-electron chi connectivity index (χ3n) is 3.85. The third-order valence-corrected chi connectivity index (χ3v) is 3.85. The first-order chi connectivity index (χ1) is 6.31. The number of hydrogen-bond acceptors (Lipinski definition) is 3. The number of ether oxygens (including phenoxy) is 2. The Morgan fingerprint density at radius 1 is 1.00 bits per heavy atom. The van der Waals surface area contributed by atoms with Gasteiger partial charge in [-0.2, -0.15) is 0 Å². The highest BCUT2D eigenvalue weighted by Crippen LogP contribution is 2.53. The smallest absolute Gasteiger partial charge is 0.174 e. The van der Waals surface area contributed by atoms with Gasteiger partial charge in [0, 0.05) is 11.8 Å². The SMILES string of the molecule is O[C@@H]1C[C@H]2CC[C@@H](C1)C21OCCO1. The van der Waals surface area contributed by atoms with Crippen LogP contribution >= 0.6 is 0 Å². The maximum Gasteiger partial charge on any atom is 0.174 e. The highest BCUT2D eigenvalue weighted by Gasteiger charge is 2.57. The maximum atomic E-state index is 9.62. The second-order valence-electron chi connectivity index (χ2n) is 4.51. The van der Waals surface area contributed by atoms with Crippen molar-refractivity contribution in [2.24, 2.45) is 11.8 Å². The summed E-state index contributed by atoms with van der Waals surface area (Å²) in [5.74, 6) is 0.617. The lowest BCUT2D eigenvalue weighted by atomic mass is 9.81. The van der Waals surface area contributed by atoms with Crippen molar-refractivity contribution in [2.75, 3.05) is 13.2 Å². The Balaban J connectivity index is 1.89. The summed E-state index contributed by atoms with van der Waals surface area (Å²) in [6.07, 6.45) is 3.96. The second kappa shape index (κ2) is 2.69. The van der Waals surface area contributed by atoms with Gasteiger partial charge in [-0.1, -0.05) is 0 Å². The van der Waals surface area contributed by atoms with E-state index in [0.29, 0.717) is 11.8 Å². The summed E-state index contributed by atoms with van der Waals surface area (Å²) in [4.78, 5) is 0. The van der Waals surface area contributed by atoms with Crippen LogP contribution < -0.4 is 0 Å². The molecule has 2 saturated carbocycles. The van der Waals surface area contributed by atoms with Gasteiger partial charge in [-0.3, -0.25) is 0 Å². The molecule has 1 saturated heterocycles. The molecule has 3 fully saturated rings. The van der Waals surface area contributed by atoms with E-state index >= 15 is 0 Å². The first kappa shape index (κ1) is 8.21. The zero-order valence-electron chi connectivity index (χ0n) is 7.74. The van der Waals surface area contributed by atoms with Crippen LogP contribution in [0.3, 0.4) is 0 Å². The van der Waals surface area contributed by atoms with Crippen molar-refractivity contribution >= 4 is 0 Å². The summed E-state index contributed by atoms with van der Waals surface area (Å²) in [7, 11) is 0. The molecule has 3 atom stereocenters. The van der Waals surface area contributed by atoms with Crippen molar-refractivity contribution in [1.29, 1.82) is 0 Å². The van der Waals surface area contributed by atoms with Crippen LogP contribution in [-0.2, 0) is 9.47 Å². The Hall–Kier alpha value is -0.120. The van der Waals surface area contributed by atoms with E-state index in [0.717, 1.165) is 26.1 Å². The summed E-state index contributed by atoms with van der Waals surface area (Å²) in [5.41, 5.74) is 0. The zero-order chi connectivity index (χ0) is 8.89. The van der Waals surface area contributed by atoms with Gasteiger partial charge >= 0.3 is 0 Å². The van der Waals surface area contributed by atoms with Gasteiger partial charge < -0.3 is 14.6 Å². The average Bonchev–Trinajstić information content (AvgIpc) is 2.63. The summed E-state index contributed by atoms with van der Waals surface area (Å²) in [5, 5.41) is 9.62. The quantitative estimate of drug-likeness (QED) is 0.608. The minimum absolute atomic E-state index is 0.115. The fourth-order valence-corrected chi connectivity index (χ4v) is 3.37. The van der Waals surface area contributed by atoms with Gasteiger partial charge in [0.1, 0.15) is 0 Å². The van der Waals surface area contributed by atoms with Crippen LogP contribution in [0.25, 0.3) is 0 Å². The fraction of sp³-hybridized carbons (Fsp3) is 1.00. The van der Waals surface area contributed by atoms with Crippen molar-refractivity contribution in [3.05, 3.63) is 0 Å². The minimum atomic E-state index is -0.279. The average molecular weight is 184 g/mol. The number of aliphatic hydroxyl groups excluding tert-OH is 1. The molecule has 1 spiro atoms. The monoisotopic (exact) mass is 184 g/mol. The van der Waals surface area contributed by atoms with Crippen LogP contribution in [0.2, 0.25) is 0 Å². The molecule has 1 N–H and O–H groups in total. The van der Waals surface area contributed by atoms with Crippen LogP contribution in [0.5, 0.6) is 0 Å². The van der Waals surface area contributed by atoms with Crippen LogP contribution in [0.4, 0.5) is 0 Å². The molecule has 1 heterocycles. The highest BCUT2D eigenvalue weighted by atomic mass is 16.7. The van der Waals surface area contributed by atoms with Gasteiger partial charge in [0.25, 0.3) is 0 Å². The summed E-state index contributed by atoms with van der Waals surface area (Å²) in [6, 6.07) is 0. The molecular weight excluding hydrogens is 168 g/mol. The highest BCUT2D eigenvalue weighted by molar-refractivity contribution is 5.00. The number of rotatable bonds is 0. The maximum absolute atomic E-state index is 9.62. The van der Waals surface area contributed by atoms with Gasteiger partial charge in [0.05, 0.1) is 19.3 Å². The van der Waals surface area contributed by atoms with Crippen LogP contribution in [-0.4, -0.2) is 30.2 Å². The molecule has 74 valence electrons. The predicted octanol–water partition coefficient (Wildman–Crippen LogP) is 0.910. The van der Waals surface area contributed by atoms with Gasteiger partial charge in [-0.05, 0) is 25.7 Å². The van der Waals surface area contributed by atoms with E-state index < -0.39 is 0 Å². The molecule has 3 heteroatoms. The zero-order valence-corrected chi connectivity index (χ0v) is 7.74. The third kappa shape index (κ3) is 1.01. The molecule has 0 radical (unpaired) electrons. The molecule has 0 aromatic heterocycles. The molecule has 3 nitrogen and oxygen atoms in total. The molecule has 3 aliphatic rings. The molecule has 0 unspecified atom stereocenters. The van der Waals surface area contributed by atoms with Crippen molar-refractivity contribution in [1.82, 2.24) is 0 Å². The topological polar surface area (TPSA) is 38.7 Å². The van der Waals surface area contributed by atoms with E-state index in [2.05, 4.69) is 0 Å². The Morgan fingerprint density at radius 3 is 2.08 bits per heavy atom. The fourth-order valence-electron chi connectivity index (χ4n) is 3.37. The number of aliphatic hydroxyl groups is 1. The summed E-state index contributed by atoms with van der Waals surface area (Å²) >= 11 is 0. The molecule has 0 aromatic rings. The van der Waals surface area contributed by atoms with Crippen molar-refractivity contribution in [3.8, 4) is 0 Å². The lowest BCUT2D eigenvalue weighted by Gasteiger charge is -2.40. The largest absolute Gasteiger partial charge is 0.393 e. The number of hydrogen-bond donors (Lipinski definition) is 1. The molecule has 2 aliphatic carbocycles. The lowest BCUT2D eigenvalue weighted by Crippen LogP contribution is -2.47. The molecule has 0 aromatic carbocycles. The van der Waals surface area contributed by atoms with Gasteiger partial charge in [-0.15, -0.1) is 0 Å². The van der Waals surface area contributed by atoms with E-state index in [9.17, 15) is 5.11 Å². The molecular formula is C10H16O3. The Morgan fingerprint density at radius 2 is 1.54 bits per heavy atom. The van der Waals surface area contributed by atoms with E-state index in [1.54, 1.807) is 0 Å².